The van der Waals surface area contributed by atoms with Crippen LogP contribution in [0.2, 0.25) is 0 Å². The first kappa shape index (κ1) is 15.8. The van der Waals surface area contributed by atoms with E-state index in [2.05, 4.69) is 15.3 Å². The Morgan fingerprint density at radius 3 is 3.00 bits per heavy atom. The average molecular weight is 355 g/mol. The van der Waals surface area contributed by atoms with Crippen molar-refractivity contribution in [3.05, 3.63) is 48.0 Å². The summed E-state index contributed by atoms with van der Waals surface area (Å²) in [6, 6.07) is 13.4. The zero-order valence-corrected chi connectivity index (χ0v) is 14.4. The van der Waals surface area contributed by atoms with Crippen LogP contribution in [-0.4, -0.2) is 28.4 Å². The lowest BCUT2D eigenvalue weighted by Gasteiger charge is -2.14. The van der Waals surface area contributed by atoms with Gasteiger partial charge < -0.3 is 19.8 Å². The fourth-order valence-corrected chi connectivity index (χ4v) is 3.38. The van der Waals surface area contributed by atoms with Gasteiger partial charge in [0.2, 0.25) is 12.7 Å². The number of nitrogens with zero attached hydrogens (tertiary/aromatic N) is 1. The molecule has 0 fully saturated rings. The van der Waals surface area contributed by atoms with E-state index in [4.69, 9.17) is 9.47 Å². The summed E-state index contributed by atoms with van der Waals surface area (Å²) in [6.45, 7) is 2.19. The van der Waals surface area contributed by atoms with Gasteiger partial charge in [-0.25, -0.2) is 4.98 Å². The van der Waals surface area contributed by atoms with Crippen molar-refractivity contribution >= 4 is 28.7 Å². The Balaban J connectivity index is 1.35. The molecule has 2 N–H and O–H groups in total. The van der Waals surface area contributed by atoms with Gasteiger partial charge in [0.1, 0.15) is 0 Å². The third kappa shape index (κ3) is 3.41. The van der Waals surface area contributed by atoms with E-state index in [1.54, 1.807) is 0 Å². The predicted molar refractivity (Wildman–Crippen MR) is 95.9 cm³/mol. The zero-order chi connectivity index (χ0) is 17.2. The van der Waals surface area contributed by atoms with E-state index in [1.165, 1.54) is 11.8 Å². The van der Waals surface area contributed by atoms with Crippen LogP contribution in [0.3, 0.4) is 0 Å². The Kier molecular flexibility index (Phi) is 4.23. The maximum atomic E-state index is 12.2. The van der Waals surface area contributed by atoms with Crippen LogP contribution in [0.4, 0.5) is 0 Å². The summed E-state index contributed by atoms with van der Waals surface area (Å²) in [4.78, 5) is 19.9. The predicted octanol–water partition coefficient (Wildman–Crippen LogP) is 3.26. The molecular formula is C18H17N3O3S. The highest BCUT2D eigenvalue weighted by Gasteiger charge is 2.17. The third-order valence-corrected chi connectivity index (χ3v) is 4.86. The Labute approximate surface area is 148 Å². The fourth-order valence-electron chi connectivity index (χ4n) is 2.68. The highest BCUT2D eigenvalue weighted by molar-refractivity contribution is 7.99. The number of para-hydroxylation sites is 2. The molecule has 0 radical (unpaired) electrons. The second kappa shape index (κ2) is 6.68. The number of amides is 1. The van der Waals surface area contributed by atoms with E-state index in [0.29, 0.717) is 5.75 Å². The highest BCUT2D eigenvalue weighted by Crippen LogP contribution is 2.34. The van der Waals surface area contributed by atoms with Gasteiger partial charge in [0, 0.05) is 0 Å². The average Bonchev–Trinajstić information content (AvgIpc) is 3.25. The first-order chi connectivity index (χ1) is 12.2. The Morgan fingerprint density at radius 1 is 1.28 bits per heavy atom. The van der Waals surface area contributed by atoms with Gasteiger partial charge in [0.15, 0.2) is 16.7 Å². The summed E-state index contributed by atoms with van der Waals surface area (Å²) in [5, 5.41) is 3.74. The number of H-pyrrole nitrogens is 1. The Morgan fingerprint density at radius 2 is 2.12 bits per heavy atom. The van der Waals surface area contributed by atoms with E-state index < -0.39 is 0 Å². The molecule has 2 aromatic carbocycles. The first-order valence-electron chi connectivity index (χ1n) is 7.95. The SMILES string of the molecule is CC(NC(=O)CSc1nc2ccccc2[nH]1)c1ccc2c(c1)OCO2. The van der Waals surface area contributed by atoms with Crippen molar-refractivity contribution in [1.29, 1.82) is 0 Å². The molecule has 0 saturated carbocycles. The molecule has 4 rings (SSSR count). The molecule has 2 heterocycles. The van der Waals surface area contributed by atoms with Crippen LogP contribution >= 0.6 is 11.8 Å². The smallest absolute Gasteiger partial charge is 0.231 e. The number of benzene rings is 2. The van der Waals surface area contributed by atoms with Crippen molar-refractivity contribution in [3.63, 3.8) is 0 Å². The first-order valence-corrected chi connectivity index (χ1v) is 8.94. The van der Waals surface area contributed by atoms with Crippen molar-refractivity contribution in [1.82, 2.24) is 15.3 Å². The minimum absolute atomic E-state index is 0.0457. The Hall–Kier alpha value is -2.67. The summed E-state index contributed by atoms with van der Waals surface area (Å²) in [5.41, 5.74) is 2.85. The van der Waals surface area contributed by atoms with Gasteiger partial charge in [0.25, 0.3) is 0 Å². The van der Waals surface area contributed by atoms with Gasteiger partial charge in [-0.15, -0.1) is 0 Å². The maximum absolute atomic E-state index is 12.2. The Bertz CT molecular complexity index is 892. The number of ether oxygens (including phenoxy) is 2. The molecule has 0 saturated heterocycles. The summed E-state index contributed by atoms with van der Waals surface area (Å²) >= 11 is 1.39. The molecule has 128 valence electrons. The van der Waals surface area contributed by atoms with Gasteiger partial charge in [-0.2, -0.15) is 0 Å². The van der Waals surface area contributed by atoms with Crippen molar-refractivity contribution in [3.8, 4) is 11.5 Å². The van der Waals surface area contributed by atoms with Crippen LogP contribution in [0.5, 0.6) is 11.5 Å². The van der Waals surface area contributed by atoms with Crippen molar-refractivity contribution in [2.45, 2.75) is 18.1 Å². The standard InChI is InChI=1S/C18H17N3O3S/c1-11(12-6-7-15-16(8-12)24-10-23-15)19-17(22)9-25-18-20-13-4-2-3-5-14(13)21-18/h2-8,11H,9-10H2,1H3,(H,19,22)(H,20,21). The summed E-state index contributed by atoms with van der Waals surface area (Å²) in [6.07, 6.45) is 0. The van der Waals surface area contributed by atoms with Crippen LogP contribution in [-0.2, 0) is 4.79 Å². The molecule has 3 aromatic rings. The minimum atomic E-state index is -0.113. The number of hydrogen-bond donors (Lipinski definition) is 2. The lowest BCUT2D eigenvalue weighted by Crippen LogP contribution is -2.28. The number of aromatic nitrogens is 2. The van der Waals surface area contributed by atoms with E-state index in [0.717, 1.165) is 33.3 Å². The molecule has 1 amide bonds. The normalized spacial score (nSPS) is 13.8. The summed E-state index contributed by atoms with van der Waals surface area (Å²) in [5.74, 6) is 1.71. The third-order valence-electron chi connectivity index (χ3n) is 3.98. The van der Waals surface area contributed by atoms with Crippen molar-refractivity contribution in [2.75, 3.05) is 12.5 Å². The lowest BCUT2D eigenvalue weighted by molar-refractivity contribution is -0.119. The molecule has 7 heteroatoms. The van der Waals surface area contributed by atoms with Gasteiger partial charge >= 0.3 is 0 Å². The fraction of sp³-hybridized carbons (Fsp3) is 0.222. The highest BCUT2D eigenvalue weighted by atomic mass is 32.2. The van der Waals surface area contributed by atoms with Gasteiger partial charge in [-0.1, -0.05) is 30.0 Å². The van der Waals surface area contributed by atoms with E-state index in [-0.39, 0.29) is 18.7 Å². The number of rotatable bonds is 5. The van der Waals surface area contributed by atoms with Crippen molar-refractivity contribution in [2.24, 2.45) is 0 Å². The monoisotopic (exact) mass is 355 g/mol. The molecule has 1 aromatic heterocycles. The molecule has 0 bridgehead atoms. The zero-order valence-electron chi connectivity index (χ0n) is 13.6. The second-order valence-electron chi connectivity index (χ2n) is 5.75. The number of thioether (sulfide) groups is 1. The summed E-state index contributed by atoms with van der Waals surface area (Å²) in [7, 11) is 0. The molecule has 6 nitrogen and oxygen atoms in total. The van der Waals surface area contributed by atoms with Crippen LogP contribution in [0, 0.1) is 0 Å². The number of carbonyl (C=O) groups is 1. The number of fused-ring (bicyclic) bond motifs is 2. The number of nitrogens with one attached hydrogen (secondary N) is 2. The van der Waals surface area contributed by atoms with Crippen LogP contribution in [0.1, 0.15) is 18.5 Å². The second-order valence-corrected chi connectivity index (χ2v) is 6.71. The largest absolute Gasteiger partial charge is 0.454 e. The van der Waals surface area contributed by atoms with E-state index in [9.17, 15) is 4.79 Å². The minimum Gasteiger partial charge on any atom is -0.454 e. The molecule has 1 aliphatic rings. The molecular weight excluding hydrogens is 338 g/mol. The number of carbonyl (C=O) groups excluding carboxylic acids is 1. The van der Waals surface area contributed by atoms with Gasteiger partial charge in [-0.3, -0.25) is 4.79 Å². The van der Waals surface area contributed by atoms with Crippen molar-refractivity contribution < 1.29 is 14.3 Å². The molecule has 0 spiro atoms. The summed E-state index contributed by atoms with van der Waals surface area (Å²) < 4.78 is 10.7. The van der Waals surface area contributed by atoms with Crippen LogP contribution in [0.25, 0.3) is 11.0 Å². The van der Waals surface area contributed by atoms with Gasteiger partial charge in [-0.05, 0) is 36.8 Å². The molecule has 1 aliphatic heterocycles. The molecule has 25 heavy (non-hydrogen) atoms. The quantitative estimate of drug-likeness (QED) is 0.687. The van der Waals surface area contributed by atoms with E-state index >= 15 is 0 Å². The number of aromatic amines is 1. The molecule has 1 atom stereocenters. The van der Waals surface area contributed by atoms with Crippen LogP contribution in [0.15, 0.2) is 47.6 Å². The molecule has 0 aliphatic carbocycles. The van der Waals surface area contributed by atoms with Gasteiger partial charge in [0.05, 0.1) is 22.8 Å². The number of imidazole rings is 1. The van der Waals surface area contributed by atoms with Crippen LogP contribution < -0.4 is 14.8 Å². The maximum Gasteiger partial charge on any atom is 0.231 e. The van der Waals surface area contributed by atoms with E-state index in [1.807, 2.05) is 49.4 Å². The lowest BCUT2D eigenvalue weighted by atomic mass is 10.1. The molecule has 1 unspecified atom stereocenters. The number of hydrogen-bond acceptors (Lipinski definition) is 5. The topological polar surface area (TPSA) is 76.2 Å².